The summed E-state index contributed by atoms with van der Waals surface area (Å²) in [5.41, 5.74) is 5.20. The van der Waals surface area contributed by atoms with Gasteiger partial charge < -0.3 is 15.9 Å². The minimum atomic E-state index is -1.27. The van der Waals surface area contributed by atoms with Gasteiger partial charge in [0.1, 0.15) is 6.04 Å². The van der Waals surface area contributed by atoms with Crippen molar-refractivity contribution >= 4 is 11.9 Å². The molecular weight excluding hydrogens is 176 g/mol. The number of hydrogen-bond acceptors (Lipinski definition) is 4. The van der Waals surface area contributed by atoms with Crippen LogP contribution in [0.5, 0.6) is 0 Å². The molecule has 4 N–H and O–H groups in total. The van der Waals surface area contributed by atoms with Crippen LogP contribution in [-0.4, -0.2) is 28.2 Å². The lowest BCUT2D eigenvalue weighted by Crippen LogP contribution is -2.34. The quantitative estimate of drug-likeness (QED) is 0.509. The molecule has 0 heterocycles. The average molecular weight is 184 g/mol. The van der Waals surface area contributed by atoms with E-state index in [9.17, 15) is 9.59 Å². The fraction of sp³-hybridized carbons (Fsp3) is 0.571. The van der Waals surface area contributed by atoms with Crippen LogP contribution in [0.2, 0.25) is 0 Å². The predicted molar refractivity (Wildman–Crippen MR) is 39.3 cm³/mol. The fourth-order valence-corrected chi connectivity index (χ4v) is 1.43. The summed E-state index contributed by atoms with van der Waals surface area (Å²) in [6, 6.07) is 0.473. The Morgan fingerprint density at radius 1 is 1.46 bits per heavy atom. The lowest BCUT2D eigenvalue weighted by molar-refractivity contribution is -0.140. The molecule has 1 aliphatic carbocycles. The Labute approximate surface area is 73.6 Å². The third-order valence-electron chi connectivity index (χ3n) is 2.21. The largest absolute Gasteiger partial charge is 0.481 e. The third-order valence-corrected chi connectivity index (χ3v) is 2.21. The molecule has 1 rings (SSSR count). The SMILES string of the molecule is N#C[C@H]1[C@H](C(=O)O)[C@H]1[C@H](N)C(=O)O. The number of nitrogens with two attached hydrogens (primary N) is 1. The first kappa shape index (κ1) is 9.48. The van der Waals surface area contributed by atoms with E-state index in [2.05, 4.69) is 0 Å². The maximum atomic E-state index is 10.5. The van der Waals surface area contributed by atoms with Gasteiger partial charge in [0.2, 0.25) is 0 Å². The molecule has 6 heteroatoms. The Kier molecular flexibility index (Phi) is 2.21. The molecule has 70 valence electrons. The van der Waals surface area contributed by atoms with Gasteiger partial charge in [-0.2, -0.15) is 5.26 Å². The average Bonchev–Trinajstić information content (AvgIpc) is 2.76. The zero-order chi connectivity index (χ0) is 10.2. The van der Waals surface area contributed by atoms with Crippen LogP contribution in [0.1, 0.15) is 0 Å². The van der Waals surface area contributed by atoms with E-state index in [-0.39, 0.29) is 0 Å². The van der Waals surface area contributed by atoms with Gasteiger partial charge in [-0.1, -0.05) is 0 Å². The Balaban J connectivity index is 2.70. The van der Waals surface area contributed by atoms with Crippen molar-refractivity contribution in [1.82, 2.24) is 0 Å². The van der Waals surface area contributed by atoms with Crippen molar-refractivity contribution in [2.45, 2.75) is 6.04 Å². The molecule has 1 aliphatic rings. The zero-order valence-electron chi connectivity index (χ0n) is 6.54. The number of hydrogen-bond donors (Lipinski definition) is 3. The van der Waals surface area contributed by atoms with Crippen molar-refractivity contribution in [3.05, 3.63) is 0 Å². The van der Waals surface area contributed by atoms with Crippen molar-refractivity contribution in [3.63, 3.8) is 0 Å². The summed E-state index contributed by atoms with van der Waals surface area (Å²) < 4.78 is 0. The molecule has 0 aliphatic heterocycles. The highest BCUT2D eigenvalue weighted by molar-refractivity contribution is 5.80. The highest BCUT2D eigenvalue weighted by atomic mass is 16.4. The standard InChI is InChI=1S/C7H8N2O4/c8-1-2-3(4(2)6(10)11)5(9)7(12)13/h2-5H,9H2,(H,10,11)(H,12,13)/t2-,3+,4+,5+/m1/s1. The number of carbonyl (C=O) groups is 2. The Morgan fingerprint density at radius 3 is 2.23 bits per heavy atom. The minimum Gasteiger partial charge on any atom is -0.481 e. The number of carboxylic acid groups (broad SMARTS) is 2. The van der Waals surface area contributed by atoms with Gasteiger partial charge in [0.25, 0.3) is 0 Å². The van der Waals surface area contributed by atoms with Crippen LogP contribution in [-0.2, 0) is 9.59 Å². The number of aliphatic carboxylic acids is 2. The smallest absolute Gasteiger partial charge is 0.320 e. The van der Waals surface area contributed by atoms with Crippen molar-refractivity contribution in [2.75, 3.05) is 0 Å². The van der Waals surface area contributed by atoms with Crippen LogP contribution < -0.4 is 5.73 Å². The van der Waals surface area contributed by atoms with Crippen molar-refractivity contribution < 1.29 is 19.8 Å². The number of carboxylic acids is 2. The minimum absolute atomic E-state index is 0.750. The van der Waals surface area contributed by atoms with Crippen LogP contribution in [0.25, 0.3) is 0 Å². The second kappa shape index (κ2) is 3.03. The number of rotatable bonds is 3. The molecule has 0 aromatic carbocycles. The van der Waals surface area contributed by atoms with Crippen LogP contribution in [0, 0.1) is 29.1 Å². The molecule has 0 aromatic rings. The van der Waals surface area contributed by atoms with Gasteiger partial charge in [-0.3, -0.25) is 9.59 Å². The van der Waals surface area contributed by atoms with Gasteiger partial charge >= 0.3 is 11.9 Å². The van der Waals surface area contributed by atoms with Crippen LogP contribution in [0.3, 0.4) is 0 Å². The van der Waals surface area contributed by atoms with Crippen molar-refractivity contribution in [2.24, 2.45) is 23.5 Å². The maximum absolute atomic E-state index is 10.5. The van der Waals surface area contributed by atoms with E-state index in [0.717, 1.165) is 0 Å². The molecule has 4 atom stereocenters. The first-order valence-corrected chi connectivity index (χ1v) is 3.61. The molecule has 1 fully saturated rings. The van der Waals surface area contributed by atoms with Gasteiger partial charge in [-0.25, -0.2) is 0 Å². The molecular formula is C7H8N2O4. The highest BCUT2D eigenvalue weighted by Gasteiger charge is 2.60. The van der Waals surface area contributed by atoms with Crippen LogP contribution in [0.4, 0.5) is 0 Å². The molecule has 0 unspecified atom stereocenters. The van der Waals surface area contributed by atoms with E-state index < -0.39 is 35.7 Å². The summed E-state index contributed by atoms with van der Waals surface area (Å²) >= 11 is 0. The molecule has 0 saturated heterocycles. The highest BCUT2D eigenvalue weighted by Crippen LogP contribution is 2.47. The van der Waals surface area contributed by atoms with E-state index in [1.165, 1.54) is 0 Å². The second-order valence-electron chi connectivity index (χ2n) is 2.96. The Morgan fingerprint density at radius 2 is 2.00 bits per heavy atom. The topological polar surface area (TPSA) is 124 Å². The molecule has 0 bridgehead atoms. The maximum Gasteiger partial charge on any atom is 0.320 e. The second-order valence-corrected chi connectivity index (χ2v) is 2.96. The summed E-state index contributed by atoms with van der Waals surface area (Å²) in [5, 5.41) is 25.5. The van der Waals surface area contributed by atoms with Gasteiger partial charge in [-0.15, -0.1) is 0 Å². The lowest BCUT2D eigenvalue weighted by atomic mass is 10.1. The van der Waals surface area contributed by atoms with Crippen molar-refractivity contribution in [1.29, 1.82) is 5.26 Å². The van der Waals surface area contributed by atoms with Crippen molar-refractivity contribution in [3.8, 4) is 6.07 Å². The molecule has 0 radical (unpaired) electrons. The van der Waals surface area contributed by atoms with E-state index in [1.54, 1.807) is 6.07 Å². The van der Waals surface area contributed by atoms with E-state index in [0.29, 0.717) is 0 Å². The van der Waals surface area contributed by atoms with E-state index in [1.807, 2.05) is 0 Å². The lowest BCUT2D eigenvalue weighted by Gasteiger charge is -2.02. The summed E-state index contributed by atoms with van der Waals surface area (Å²) in [6.45, 7) is 0. The first-order valence-electron chi connectivity index (χ1n) is 3.61. The monoisotopic (exact) mass is 184 g/mol. The molecule has 0 amide bonds. The molecule has 1 saturated carbocycles. The Hall–Kier alpha value is -1.61. The first-order chi connectivity index (χ1) is 6.00. The van der Waals surface area contributed by atoms with Crippen LogP contribution in [0.15, 0.2) is 0 Å². The summed E-state index contributed by atoms with van der Waals surface area (Å²) in [4.78, 5) is 20.9. The summed E-state index contributed by atoms with van der Waals surface area (Å²) in [5.74, 6) is -4.86. The fourth-order valence-electron chi connectivity index (χ4n) is 1.43. The third kappa shape index (κ3) is 1.46. The van der Waals surface area contributed by atoms with E-state index >= 15 is 0 Å². The number of nitriles is 1. The molecule has 0 aromatic heterocycles. The van der Waals surface area contributed by atoms with Gasteiger partial charge in [0.15, 0.2) is 0 Å². The number of nitrogens with zero attached hydrogens (tertiary/aromatic N) is 1. The summed E-state index contributed by atoms with van der Waals surface area (Å²) in [7, 11) is 0. The molecule has 6 nitrogen and oxygen atoms in total. The zero-order valence-corrected chi connectivity index (χ0v) is 6.54. The van der Waals surface area contributed by atoms with Gasteiger partial charge in [-0.05, 0) is 0 Å². The van der Waals surface area contributed by atoms with Gasteiger partial charge in [0, 0.05) is 5.92 Å². The molecule has 13 heavy (non-hydrogen) atoms. The summed E-state index contributed by atoms with van der Waals surface area (Å²) in [6.07, 6.45) is 0. The van der Waals surface area contributed by atoms with E-state index in [4.69, 9.17) is 21.2 Å². The Bertz CT molecular complexity index is 295. The van der Waals surface area contributed by atoms with Gasteiger partial charge in [0.05, 0.1) is 17.9 Å². The predicted octanol–water partition coefficient (Wildman–Crippen LogP) is -1.13. The van der Waals surface area contributed by atoms with Crippen LogP contribution >= 0.6 is 0 Å². The normalized spacial score (nSPS) is 33.1. The molecule has 0 spiro atoms.